The van der Waals surface area contributed by atoms with E-state index in [2.05, 4.69) is 15.3 Å². The van der Waals surface area contributed by atoms with Gasteiger partial charge in [-0.05, 0) is 45.2 Å². The van der Waals surface area contributed by atoms with Crippen molar-refractivity contribution < 1.29 is 17.9 Å². The molecule has 1 fully saturated rings. The maximum Gasteiger partial charge on any atom is 0.410 e. The zero-order chi connectivity index (χ0) is 23.6. The minimum absolute atomic E-state index is 0.103. The molecule has 0 bridgehead atoms. The van der Waals surface area contributed by atoms with Gasteiger partial charge in [-0.2, -0.15) is 0 Å². The predicted octanol–water partition coefficient (Wildman–Crippen LogP) is 3.62. The predicted molar refractivity (Wildman–Crippen MR) is 126 cm³/mol. The Morgan fingerprint density at radius 1 is 1.12 bits per heavy atom. The number of nitrogens with one attached hydrogen (secondary N) is 1. The van der Waals surface area contributed by atoms with Gasteiger partial charge in [0.05, 0.1) is 11.1 Å². The normalized spacial score (nSPS) is 15.5. The molecule has 10 heteroatoms. The third-order valence-corrected chi connectivity index (χ3v) is 7.02. The fraction of sp³-hybridized carbons (Fsp3) is 0.435. The van der Waals surface area contributed by atoms with Crippen LogP contribution in [0.25, 0.3) is 11.0 Å². The molecular weight excluding hydrogens is 442 g/mol. The number of ether oxygens (including phenoxy) is 1. The van der Waals surface area contributed by atoms with Crippen LogP contribution in [-0.2, 0) is 20.5 Å². The number of fused-ring (bicyclic) bond motifs is 1. The van der Waals surface area contributed by atoms with E-state index in [-0.39, 0.29) is 17.9 Å². The zero-order valence-electron chi connectivity index (χ0n) is 19.1. The van der Waals surface area contributed by atoms with Gasteiger partial charge in [0.1, 0.15) is 17.7 Å². The Labute approximate surface area is 193 Å². The fourth-order valence-corrected chi connectivity index (χ4v) is 5.26. The van der Waals surface area contributed by atoms with Crippen molar-refractivity contribution in [3.8, 4) is 0 Å². The third-order valence-electron chi connectivity index (χ3n) is 5.43. The lowest BCUT2D eigenvalue weighted by atomic mass is 10.1. The van der Waals surface area contributed by atoms with Gasteiger partial charge in [0.25, 0.3) is 0 Å². The summed E-state index contributed by atoms with van der Waals surface area (Å²) in [5.41, 5.74) is 0.533. The van der Waals surface area contributed by atoms with Crippen molar-refractivity contribution in [2.45, 2.75) is 51.0 Å². The summed E-state index contributed by atoms with van der Waals surface area (Å²) in [4.78, 5) is 22.6. The van der Waals surface area contributed by atoms with E-state index in [0.29, 0.717) is 35.5 Å². The summed E-state index contributed by atoms with van der Waals surface area (Å²) < 4.78 is 32.7. The molecule has 176 valence electrons. The third kappa shape index (κ3) is 5.44. The molecule has 3 aromatic rings. The summed E-state index contributed by atoms with van der Waals surface area (Å²) in [6.45, 7) is 6.71. The van der Waals surface area contributed by atoms with Crippen LogP contribution in [0.3, 0.4) is 0 Å². The molecule has 1 saturated heterocycles. The number of hydrogen-bond acceptors (Lipinski definition) is 7. The van der Waals surface area contributed by atoms with E-state index in [4.69, 9.17) is 4.74 Å². The van der Waals surface area contributed by atoms with Gasteiger partial charge < -0.3 is 15.0 Å². The van der Waals surface area contributed by atoms with Crippen molar-refractivity contribution in [1.29, 1.82) is 0 Å². The SMILES string of the molecule is CC(C)(C)OC(=O)N1CCC(Nc2ncnc3c2ccn3S(=O)(=O)Cc2ccccc2)CC1. The van der Waals surface area contributed by atoms with Crippen LogP contribution in [0.1, 0.15) is 39.2 Å². The van der Waals surface area contributed by atoms with Crippen LogP contribution in [0, 0.1) is 0 Å². The van der Waals surface area contributed by atoms with Crippen LogP contribution in [0.15, 0.2) is 48.9 Å². The maximum atomic E-state index is 13.0. The van der Waals surface area contributed by atoms with Crippen LogP contribution in [-0.4, -0.2) is 58.1 Å². The van der Waals surface area contributed by atoms with E-state index in [1.807, 2.05) is 39.0 Å². The van der Waals surface area contributed by atoms with Gasteiger partial charge in [0.2, 0.25) is 10.0 Å². The highest BCUT2D eigenvalue weighted by atomic mass is 32.2. The number of amides is 1. The number of aromatic nitrogens is 3. The van der Waals surface area contributed by atoms with Crippen LogP contribution in [0.5, 0.6) is 0 Å². The lowest BCUT2D eigenvalue weighted by molar-refractivity contribution is 0.0210. The molecule has 9 nitrogen and oxygen atoms in total. The summed E-state index contributed by atoms with van der Waals surface area (Å²) in [6, 6.07) is 10.9. The lowest BCUT2D eigenvalue weighted by Crippen LogP contribution is -2.44. The minimum Gasteiger partial charge on any atom is -0.444 e. The molecule has 2 aromatic heterocycles. The second kappa shape index (κ2) is 9.01. The Bertz CT molecular complexity index is 1230. The molecule has 1 amide bonds. The van der Waals surface area contributed by atoms with Crippen LogP contribution >= 0.6 is 0 Å². The molecule has 3 heterocycles. The van der Waals surface area contributed by atoms with Crippen molar-refractivity contribution in [2.75, 3.05) is 18.4 Å². The summed E-state index contributed by atoms with van der Waals surface area (Å²) in [5, 5.41) is 4.05. The first-order chi connectivity index (χ1) is 15.6. The summed E-state index contributed by atoms with van der Waals surface area (Å²) in [5.74, 6) is 0.470. The van der Waals surface area contributed by atoms with E-state index in [1.54, 1.807) is 23.1 Å². The maximum absolute atomic E-state index is 13.0. The Morgan fingerprint density at radius 2 is 1.82 bits per heavy atom. The number of carbonyl (C=O) groups excluding carboxylic acids is 1. The average molecular weight is 472 g/mol. The summed E-state index contributed by atoms with van der Waals surface area (Å²) >= 11 is 0. The molecule has 33 heavy (non-hydrogen) atoms. The average Bonchev–Trinajstić information content (AvgIpc) is 3.20. The Morgan fingerprint density at radius 3 is 2.48 bits per heavy atom. The molecule has 1 aromatic carbocycles. The first-order valence-corrected chi connectivity index (χ1v) is 12.6. The first kappa shape index (κ1) is 23.0. The standard InChI is InChI=1S/C23H29N5O4S/c1-23(2,3)32-22(29)27-12-9-18(10-13-27)26-20-19-11-14-28(21(19)25-16-24-20)33(30,31)15-17-7-5-4-6-8-17/h4-8,11,14,16,18H,9-10,12-13,15H2,1-3H3,(H,24,25,26). The van der Waals surface area contributed by atoms with Crippen LogP contribution in [0.2, 0.25) is 0 Å². The number of carbonyl (C=O) groups is 1. The first-order valence-electron chi connectivity index (χ1n) is 11.0. The molecule has 1 N–H and O–H groups in total. The number of hydrogen-bond donors (Lipinski definition) is 1. The number of nitrogens with zero attached hydrogens (tertiary/aromatic N) is 4. The number of benzene rings is 1. The molecule has 1 aliphatic heterocycles. The van der Waals surface area contributed by atoms with Gasteiger partial charge in [0, 0.05) is 25.3 Å². The number of anilines is 1. The van der Waals surface area contributed by atoms with E-state index in [1.165, 1.54) is 16.5 Å². The summed E-state index contributed by atoms with van der Waals surface area (Å²) in [7, 11) is -3.64. The van der Waals surface area contributed by atoms with Crippen molar-refractivity contribution in [3.63, 3.8) is 0 Å². The molecule has 0 spiro atoms. The van der Waals surface area contributed by atoms with E-state index in [9.17, 15) is 13.2 Å². The fourth-order valence-electron chi connectivity index (χ4n) is 3.85. The largest absolute Gasteiger partial charge is 0.444 e. The van der Waals surface area contributed by atoms with Gasteiger partial charge in [-0.3, -0.25) is 0 Å². The number of likely N-dealkylation sites (tertiary alicyclic amines) is 1. The smallest absolute Gasteiger partial charge is 0.410 e. The second-order valence-corrected chi connectivity index (χ2v) is 11.0. The Kier molecular flexibility index (Phi) is 6.29. The number of piperidine rings is 1. The number of rotatable bonds is 5. The van der Waals surface area contributed by atoms with Crippen LogP contribution < -0.4 is 5.32 Å². The quantitative estimate of drug-likeness (QED) is 0.606. The van der Waals surface area contributed by atoms with Crippen molar-refractivity contribution in [2.24, 2.45) is 0 Å². The van der Waals surface area contributed by atoms with E-state index < -0.39 is 15.6 Å². The van der Waals surface area contributed by atoms with Gasteiger partial charge in [-0.25, -0.2) is 27.2 Å². The molecule has 1 aliphatic rings. The highest BCUT2D eigenvalue weighted by Crippen LogP contribution is 2.25. The molecule has 4 rings (SSSR count). The van der Waals surface area contributed by atoms with Gasteiger partial charge >= 0.3 is 6.09 Å². The molecule has 0 radical (unpaired) electrons. The molecular formula is C23H29N5O4S. The molecule has 0 saturated carbocycles. The van der Waals surface area contributed by atoms with Gasteiger partial charge in [-0.1, -0.05) is 30.3 Å². The highest BCUT2D eigenvalue weighted by Gasteiger charge is 2.27. The second-order valence-electron chi connectivity index (χ2n) is 9.20. The Balaban J connectivity index is 1.46. The molecule has 0 atom stereocenters. The minimum atomic E-state index is -3.64. The van der Waals surface area contributed by atoms with Crippen LogP contribution in [0.4, 0.5) is 10.6 Å². The lowest BCUT2D eigenvalue weighted by Gasteiger charge is -2.33. The van der Waals surface area contributed by atoms with E-state index >= 15 is 0 Å². The molecule has 0 aliphatic carbocycles. The Hall–Kier alpha value is -3.14. The highest BCUT2D eigenvalue weighted by molar-refractivity contribution is 7.89. The zero-order valence-corrected chi connectivity index (χ0v) is 19.9. The molecule has 0 unspecified atom stereocenters. The van der Waals surface area contributed by atoms with Gasteiger partial charge in [0.15, 0.2) is 5.65 Å². The van der Waals surface area contributed by atoms with E-state index in [0.717, 1.165) is 12.8 Å². The monoisotopic (exact) mass is 471 g/mol. The van der Waals surface area contributed by atoms with Crippen molar-refractivity contribution in [3.05, 3.63) is 54.5 Å². The van der Waals surface area contributed by atoms with Crippen molar-refractivity contribution >= 4 is 33.0 Å². The van der Waals surface area contributed by atoms with Crippen molar-refractivity contribution in [1.82, 2.24) is 18.8 Å². The van der Waals surface area contributed by atoms with Gasteiger partial charge in [-0.15, -0.1) is 0 Å². The summed E-state index contributed by atoms with van der Waals surface area (Å²) in [6.07, 6.45) is 4.06. The topological polar surface area (TPSA) is 106 Å².